The molecule has 0 heterocycles. The van der Waals surface area contributed by atoms with Crippen molar-refractivity contribution in [3.05, 3.63) is 65.7 Å². The standard InChI is InChI=1S/C17H21NO2/c1-13(17(19)14-8-4-3-5-9-14)18-12-15-10-6-7-11-16(15)20-2/h3-11,13,17-19H,12H2,1-2H3/t13-,17+/m0/s1. The van der Waals surface area contributed by atoms with Crippen LogP contribution in [0, 0.1) is 0 Å². The molecule has 0 amide bonds. The molecule has 3 nitrogen and oxygen atoms in total. The van der Waals surface area contributed by atoms with Crippen LogP contribution in [-0.2, 0) is 6.54 Å². The first kappa shape index (κ1) is 14.6. The molecule has 106 valence electrons. The molecule has 0 saturated carbocycles. The van der Waals surface area contributed by atoms with E-state index in [0.29, 0.717) is 6.54 Å². The van der Waals surface area contributed by atoms with Crippen LogP contribution in [0.2, 0.25) is 0 Å². The van der Waals surface area contributed by atoms with Crippen LogP contribution < -0.4 is 10.1 Å². The second-order valence-electron chi connectivity index (χ2n) is 4.84. The summed E-state index contributed by atoms with van der Waals surface area (Å²) in [7, 11) is 1.67. The highest BCUT2D eigenvalue weighted by molar-refractivity contribution is 5.33. The number of rotatable bonds is 6. The van der Waals surface area contributed by atoms with Crippen LogP contribution >= 0.6 is 0 Å². The smallest absolute Gasteiger partial charge is 0.123 e. The number of nitrogens with one attached hydrogen (secondary N) is 1. The maximum absolute atomic E-state index is 10.3. The van der Waals surface area contributed by atoms with Gasteiger partial charge in [-0.25, -0.2) is 0 Å². The quantitative estimate of drug-likeness (QED) is 0.849. The lowest BCUT2D eigenvalue weighted by Crippen LogP contribution is -2.31. The van der Waals surface area contributed by atoms with Crippen LogP contribution in [0.25, 0.3) is 0 Å². The van der Waals surface area contributed by atoms with E-state index in [9.17, 15) is 5.11 Å². The molecule has 2 aromatic rings. The summed E-state index contributed by atoms with van der Waals surface area (Å²) in [5.41, 5.74) is 2.01. The van der Waals surface area contributed by atoms with Crippen LogP contribution in [-0.4, -0.2) is 18.3 Å². The Hall–Kier alpha value is -1.84. The van der Waals surface area contributed by atoms with Crippen molar-refractivity contribution in [2.75, 3.05) is 7.11 Å². The van der Waals surface area contributed by atoms with Crippen molar-refractivity contribution in [1.82, 2.24) is 5.32 Å². The molecular weight excluding hydrogens is 250 g/mol. The molecule has 0 fully saturated rings. The third-order valence-electron chi connectivity index (χ3n) is 3.42. The molecule has 0 saturated heterocycles. The zero-order valence-corrected chi connectivity index (χ0v) is 11.9. The molecule has 0 aliphatic rings. The highest BCUT2D eigenvalue weighted by Crippen LogP contribution is 2.19. The zero-order valence-electron chi connectivity index (χ0n) is 11.9. The van der Waals surface area contributed by atoms with Crippen molar-refractivity contribution >= 4 is 0 Å². The third kappa shape index (κ3) is 3.59. The number of ether oxygens (including phenoxy) is 1. The molecular formula is C17H21NO2. The van der Waals surface area contributed by atoms with Crippen molar-refractivity contribution < 1.29 is 9.84 Å². The summed E-state index contributed by atoms with van der Waals surface area (Å²) in [6, 6.07) is 17.5. The number of para-hydroxylation sites is 1. The Kier molecular flexibility index (Phi) is 5.16. The largest absolute Gasteiger partial charge is 0.496 e. The van der Waals surface area contributed by atoms with Gasteiger partial charge in [0.15, 0.2) is 0 Å². The summed E-state index contributed by atoms with van der Waals surface area (Å²) in [6.45, 7) is 2.64. The van der Waals surface area contributed by atoms with Gasteiger partial charge in [0.25, 0.3) is 0 Å². The van der Waals surface area contributed by atoms with Gasteiger partial charge >= 0.3 is 0 Å². The molecule has 0 aliphatic heterocycles. The SMILES string of the molecule is COc1ccccc1CN[C@@H](C)[C@@H](O)c1ccccc1. The van der Waals surface area contributed by atoms with Gasteiger partial charge in [-0.15, -0.1) is 0 Å². The minimum Gasteiger partial charge on any atom is -0.496 e. The Morgan fingerprint density at radius 2 is 1.70 bits per heavy atom. The second-order valence-corrected chi connectivity index (χ2v) is 4.84. The molecule has 0 bridgehead atoms. The molecule has 0 spiro atoms. The van der Waals surface area contributed by atoms with Gasteiger partial charge in [-0.05, 0) is 18.6 Å². The normalized spacial score (nSPS) is 13.8. The van der Waals surface area contributed by atoms with Crippen LogP contribution in [0.15, 0.2) is 54.6 Å². The number of hydrogen-bond acceptors (Lipinski definition) is 3. The monoisotopic (exact) mass is 271 g/mol. The molecule has 2 aromatic carbocycles. The maximum atomic E-state index is 10.3. The van der Waals surface area contributed by atoms with Gasteiger partial charge in [-0.2, -0.15) is 0 Å². The van der Waals surface area contributed by atoms with Crippen LogP contribution in [0.1, 0.15) is 24.2 Å². The Morgan fingerprint density at radius 3 is 2.40 bits per heavy atom. The lowest BCUT2D eigenvalue weighted by Gasteiger charge is -2.21. The van der Waals surface area contributed by atoms with Crippen LogP contribution in [0.5, 0.6) is 5.75 Å². The minimum atomic E-state index is -0.522. The van der Waals surface area contributed by atoms with Crippen molar-refractivity contribution in [2.45, 2.75) is 25.6 Å². The summed E-state index contributed by atoms with van der Waals surface area (Å²) < 4.78 is 5.32. The number of benzene rings is 2. The number of hydrogen-bond donors (Lipinski definition) is 2. The summed E-state index contributed by atoms with van der Waals surface area (Å²) in [5.74, 6) is 0.862. The Bertz CT molecular complexity index is 528. The van der Waals surface area contributed by atoms with Gasteiger partial charge in [0, 0.05) is 18.2 Å². The number of aliphatic hydroxyl groups excluding tert-OH is 1. The maximum Gasteiger partial charge on any atom is 0.123 e. The first-order chi connectivity index (χ1) is 9.72. The van der Waals surface area contributed by atoms with Crippen LogP contribution in [0.3, 0.4) is 0 Å². The summed E-state index contributed by atoms with van der Waals surface area (Å²) in [5, 5.41) is 13.6. The summed E-state index contributed by atoms with van der Waals surface area (Å²) in [4.78, 5) is 0. The van der Waals surface area contributed by atoms with E-state index in [2.05, 4.69) is 5.32 Å². The van der Waals surface area contributed by atoms with Gasteiger partial charge in [0.2, 0.25) is 0 Å². The second kappa shape index (κ2) is 7.08. The van der Waals surface area contributed by atoms with Crippen molar-refractivity contribution in [1.29, 1.82) is 0 Å². The van der Waals surface area contributed by atoms with Gasteiger partial charge in [-0.3, -0.25) is 0 Å². The van der Waals surface area contributed by atoms with Crippen molar-refractivity contribution in [3.63, 3.8) is 0 Å². The van der Waals surface area contributed by atoms with Gasteiger partial charge in [-0.1, -0.05) is 48.5 Å². The molecule has 3 heteroatoms. The predicted molar refractivity (Wildman–Crippen MR) is 80.7 cm³/mol. The average Bonchev–Trinajstić information content (AvgIpc) is 2.53. The Morgan fingerprint density at radius 1 is 1.05 bits per heavy atom. The van der Waals surface area contributed by atoms with E-state index in [-0.39, 0.29) is 6.04 Å². The van der Waals surface area contributed by atoms with Crippen molar-refractivity contribution in [2.24, 2.45) is 0 Å². The van der Waals surface area contributed by atoms with E-state index >= 15 is 0 Å². The van der Waals surface area contributed by atoms with E-state index < -0.39 is 6.10 Å². The first-order valence-electron chi connectivity index (χ1n) is 6.80. The van der Waals surface area contributed by atoms with Gasteiger partial charge < -0.3 is 15.2 Å². The molecule has 2 rings (SSSR count). The van der Waals surface area contributed by atoms with E-state index in [1.165, 1.54) is 0 Å². The van der Waals surface area contributed by atoms with E-state index in [4.69, 9.17) is 4.74 Å². The molecule has 0 aliphatic carbocycles. The number of methoxy groups -OCH3 is 1. The molecule has 2 atom stereocenters. The molecule has 2 N–H and O–H groups in total. The van der Waals surface area contributed by atoms with Crippen LogP contribution in [0.4, 0.5) is 0 Å². The topological polar surface area (TPSA) is 41.5 Å². The molecule has 0 aromatic heterocycles. The molecule has 20 heavy (non-hydrogen) atoms. The highest BCUT2D eigenvalue weighted by Gasteiger charge is 2.15. The third-order valence-corrected chi connectivity index (χ3v) is 3.42. The fraction of sp³-hybridized carbons (Fsp3) is 0.294. The Balaban J connectivity index is 1.97. The minimum absolute atomic E-state index is 0.0395. The predicted octanol–water partition coefficient (Wildman–Crippen LogP) is 2.91. The van der Waals surface area contributed by atoms with E-state index in [0.717, 1.165) is 16.9 Å². The summed E-state index contributed by atoms with van der Waals surface area (Å²) >= 11 is 0. The molecule has 0 radical (unpaired) electrons. The zero-order chi connectivity index (χ0) is 14.4. The first-order valence-corrected chi connectivity index (χ1v) is 6.80. The highest BCUT2D eigenvalue weighted by atomic mass is 16.5. The molecule has 0 unspecified atom stereocenters. The van der Waals surface area contributed by atoms with Gasteiger partial charge in [0.05, 0.1) is 13.2 Å². The number of aliphatic hydroxyl groups is 1. The lowest BCUT2D eigenvalue weighted by molar-refractivity contribution is 0.135. The van der Waals surface area contributed by atoms with Gasteiger partial charge in [0.1, 0.15) is 5.75 Å². The van der Waals surface area contributed by atoms with Crippen molar-refractivity contribution in [3.8, 4) is 5.75 Å². The summed E-state index contributed by atoms with van der Waals surface area (Å²) in [6.07, 6.45) is -0.522. The van der Waals surface area contributed by atoms with E-state index in [1.807, 2.05) is 61.5 Å². The average molecular weight is 271 g/mol. The van der Waals surface area contributed by atoms with E-state index in [1.54, 1.807) is 7.11 Å². The Labute approximate surface area is 120 Å². The fourth-order valence-electron chi connectivity index (χ4n) is 2.17. The fourth-order valence-corrected chi connectivity index (χ4v) is 2.17. The lowest BCUT2D eigenvalue weighted by atomic mass is 10.0.